The van der Waals surface area contributed by atoms with Crippen molar-refractivity contribution in [2.75, 3.05) is 7.11 Å². The van der Waals surface area contributed by atoms with Gasteiger partial charge in [-0.2, -0.15) is 0 Å². The maximum absolute atomic E-state index is 12.5. The fourth-order valence-electron chi connectivity index (χ4n) is 2.46. The Kier molecular flexibility index (Phi) is 5.28. The molecule has 2 rings (SSSR count). The minimum atomic E-state index is -0.703. The molecule has 0 saturated carbocycles. The number of benzene rings is 1. The molecule has 1 heterocycles. The maximum Gasteiger partial charge on any atom is 0.494 e. The van der Waals surface area contributed by atoms with E-state index in [4.69, 9.17) is 18.8 Å². The lowest BCUT2D eigenvalue weighted by molar-refractivity contribution is 0.00578. The van der Waals surface area contributed by atoms with Gasteiger partial charge in [-0.05, 0) is 72.1 Å². The minimum Gasteiger partial charge on any atom is -0.465 e. The topological polar surface area (TPSA) is 71.1 Å². The maximum atomic E-state index is 12.5. The largest absolute Gasteiger partial charge is 0.494 e. The number of ether oxygens (including phenoxy) is 2. The summed E-state index contributed by atoms with van der Waals surface area (Å²) in [4.78, 5) is 24.5. The van der Waals surface area contributed by atoms with Gasteiger partial charge in [-0.1, -0.05) is 0 Å². The molecule has 0 N–H and O–H groups in total. The molecule has 142 valence electrons. The van der Waals surface area contributed by atoms with E-state index in [9.17, 15) is 9.59 Å². The Balaban J connectivity index is 2.45. The summed E-state index contributed by atoms with van der Waals surface area (Å²) in [6.45, 7) is 13.1. The van der Waals surface area contributed by atoms with Crippen molar-refractivity contribution in [3.8, 4) is 0 Å². The van der Waals surface area contributed by atoms with Crippen LogP contribution in [0.25, 0.3) is 0 Å². The average Bonchev–Trinajstić information content (AvgIpc) is 2.72. The summed E-state index contributed by atoms with van der Waals surface area (Å²) >= 11 is 0. The Labute approximate surface area is 155 Å². The highest BCUT2D eigenvalue weighted by molar-refractivity contribution is 6.62. The third-order valence-electron chi connectivity index (χ3n) is 4.54. The second-order valence-corrected chi connectivity index (χ2v) is 8.43. The molecule has 1 fully saturated rings. The van der Waals surface area contributed by atoms with E-state index in [1.165, 1.54) is 13.2 Å². The zero-order chi connectivity index (χ0) is 19.9. The third kappa shape index (κ3) is 4.27. The van der Waals surface area contributed by atoms with Crippen LogP contribution in [0.2, 0.25) is 0 Å². The summed E-state index contributed by atoms with van der Waals surface area (Å²) in [5.74, 6) is -1.07. The highest BCUT2D eigenvalue weighted by Crippen LogP contribution is 2.36. The Bertz CT molecular complexity index is 701. The van der Waals surface area contributed by atoms with E-state index in [0.717, 1.165) is 0 Å². The molecule has 0 atom stereocenters. The Morgan fingerprint density at radius 1 is 0.923 bits per heavy atom. The normalized spacial score (nSPS) is 18.5. The lowest BCUT2D eigenvalue weighted by Crippen LogP contribution is -2.41. The average molecular weight is 362 g/mol. The van der Waals surface area contributed by atoms with Gasteiger partial charge < -0.3 is 18.8 Å². The minimum absolute atomic E-state index is 0.237. The molecule has 0 aliphatic carbocycles. The lowest BCUT2D eigenvalue weighted by atomic mass is 9.77. The van der Waals surface area contributed by atoms with Gasteiger partial charge in [0.25, 0.3) is 0 Å². The predicted molar refractivity (Wildman–Crippen MR) is 98.7 cm³/mol. The van der Waals surface area contributed by atoms with E-state index in [1.807, 2.05) is 27.7 Å². The van der Waals surface area contributed by atoms with Gasteiger partial charge in [0.1, 0.15) is 5.60 Å². The predicted octanol–water partition coefficient (Wildman–Crippen LogP) is 2.73. The van der Waals surface area contributed by atoms with Crippen LogP contribution in [0.4, 0.5) is 0 Å². The van der Waals surface area contributed by atoms with E-state index < -0.39 is 35.9 Å². The summed E-state index contributed by atoms with van der Waals surface area (Å²) < 4.78 is 22.3. The molecule has 0 unspecified atom stereocenters. The van der Waals surface area contributed by atoms with Gasteiger partial charge in [0, 0.05) is 0 Å². The van der Waals surface area contributed by atoms with Crippen LogP contribution in [0, 0.1) is 0 Å². The summed E-state index contributed by atoms with van der Waals surface area (Å²) in [7, 11) is 0.586. The molecule has 0 bridgehead atoms. The quantitative estimate of drug-likeness (QED) is 0.608. The zero-order valence-electron chi connectivity index (χ0n) is 16.8. The molecule has 0 aromatic heterocycles. The highest BCUT2D eigenvalue weighted by atomic mass is 16.7. The van der Waals surface area contributed by atoms with Crippen LogP contribution < -0.4 is 5.46 Å². The molecule has 6 nitrogen and oxygen atoms in total. The van der Waals surface area contributed by atoms with Crippen molar-refractivity contribution in [1.82, 2.24) is 0 Å². The third-order valence-corrected chi connectivity index (χ3v) is 4.54. The van der Waals surface area contributed by atoms with Gasteiger partial charge in [0.05, 0.1) is 29.4 Å². The molecule has 26 heavy (non-hydrogen) atoms. The van der Waals surface area contributed by atoms with Gasteiger partial charge >= 0.3 is 19.1 Å². The number of carbonyl (C=O) groups is 2. The van der Waals surface area contributed by atoms with Crippen molar-refractivity contribution in [1.29, 1.82) is 0 Å². The molecule has 0 radical (unpaired) electrons. The Hall–Kier alpha value is -1.86. The summed E-state index contributed by atoms with van der Waals surface area (Å²) in [5, 5.41) is 0. The van der Waals surface area contributed by atoms with Crippen LogP contribution in [0.1, 0.15) is 69.2 Å². The highest BCUT2D eigenvalue weighted by Gasteiger charge is 2.52. The first-order valence-electron chi connectivity index (χ1n) is 8.58. The van der Waals surface area contributed by atoms with E-state index in [0.29, 0.717) is 5.46 Å². The molecule has 1 aromatic carbocycles. The standard InChI is InChI=1S/C19H27BO6/c1-17(2,3)24-16(22)13-9-12(15(21)23-8)10-14(11-13)20-25-18(4,5)19(6,7)26-20/h9-11H,1-8H3. The van der Waals surface area contributed by atoms with Crippen LogP contribution in [-0.4, -0.2) is 43.0 Å². The van der Waals surface area contributed by atoms with Gasteiger partial charge in [0.15, 0.2) is 0 Å². The number of hydrogen-bond donors (Lipinski definition) is 0. The van der Waals surface area contributed by atoms with E-state index in [2.05, 4.69) is 0 Å². The molecule has 0 amide bonds. The summed E-state index contributed by atoms with van der Waals surface area (Å²) in [6, 6.07) is 4.69. The number of esters is 2. The number of hydrogen-bond acceptors (Lipinski definition) is 6. The van der Waals surface area contributed by atoms with Crippen molar-refractivity contribution < 1.29 is 28.4 Å². The van der Waals surface area contributed by atoms with Crippen LogP contribution in [0.3, 0.4) is 0 Å². The summed E-state index contributed by atoms with van der Waals surface area (Å²) in [5.41, 5.74) is -0.681. The van der Waals surface area contributed by atoms with Crippen molar-refractivity contribution in [2.24, 2.45) is 0 Å². The first-order valence-corrected chi connectivity index (χ1v) is 8.58. The van der Waals surface area contributed by atoms with Crippen LogP contribution >= 0.6 is 0 Å². The molecular weight excluding hydrogens is 335 g/mol. The SMILES string of the molecule is COC(=O)c1cc(B2OC(C)(C)C(C)(C)O2)cc(C(=O)OC(C)(C)C)c1. The fraction of sp³-hybridized carbons (Fsp3) is 0.579. The number of carbonyl (C=O) groups excluding carboxylic acids is 2. The first-order chi connectivity index (χ1) is 11.8. The van der Waals surface area contributed by atoms with E-state index in [-0.39, 0.29) is 11.1 Å². The molecule has 1 aliphatic heterocycles. The van der Waals surface area contributed by atoms with Crippen LogP contribution in [-0.2, 0) is 18.8 Å². The summed E-state index contributed by atoms with van der Waals surface area (Å²) in [6.07, 6.45) is 0. The smallest absolute Gasteiger partial charge is 0.465 e. The van der Waals surface area contributed by atoms with Crippen molar-refractivity contribution in [3.05, 3.63) is 29.3 Å². The molecular formula is C19H27BO6. The second kappa shape index (κ2) is 6.70. The number of methoxy groups -OCH3 is 1. The van der Waals surface area contributed by atoms with E-state index >= 15 is 0 Å². The first kappa shape index (κ1) is 20.5. The van der Waals surface area contributed by atoms with Crippen LogP contribution in [0.15, 0.2) is 18.2 Å². The monoisotopic (exact) mass is 362 g/mol. The lowest BCUT2D eigenvalue weighted by Gasteiger charge is -2.32. The number of rotatable bonds is 3. The van der Waals surface area contributed by atoms with Crippen molar-refractivity contribution >= 4 is 24.5 Å². The Morgan fingerprint density at radius 3 is 1.81 bits per heavy atom. The van der Waals surface area contributed by atoms with Crippen molar-refractivity contribution in [2.45, 2.75) is 65.3 Å². The molecule has 1 aromatic rings. The molecule has 1 aliphatic rings. The Morgan fingerprint density at radius 2 is 1.38 bits per heavy atom. The van der Waals surface area contributed by atoms with Crippen molar-refractivity contribution in [3.63, 3.8) is 0 Å². The van der Waals surface area contributed by atoms with E-state index in [1.54, 1.807) is 32.9 Å². The van der Waals surface area contributed by atoms with Gasteiger partial charge in [-0.15, -0.1) is 0 Å². The van der Waals surface area contributed by atoms with Gasteiger partial charge in [0.2, 0.25) is 0 Å². The zero-order valence-corrected chi connectivity index (χ0v) is 16.8. The molecule has 1 saturated heterocycles. The second-order valence-electron chi connectivity index (χ2n) is 8.43. The molecule has 7 heteroatoms. The van der Waals surface area contributed by atoms with Gasteiger partial charge in [-0.3, -0.25) is 0 Å². The van der Waals surface area contributed by atoms with Gasteiger partial charge in [-0.25, -0.2) is 9.59 Å². The van der Waals surface area contributed by atoms with Crippen LogP contribution in [0.5, 0.6) is 0 Å². The fourth-order valence-corrected chi connectivity index (χ4v) is 2.46. The molecule has 0 spiro atoms.